The highest BCUT2D eigenvalue weighted by Crippen LogP contribution is 2.22. The predicted molar refractivity (Wildman–Crippen MR) is 75.2 cm³/mol. The molecule has 0 fully saturated rings. The highest BCUT2D eigenvalue weighted by molar-refractivity contribution is 5.50. The zero-order valence-electron chi connectivity index (χ0n) is 12.0. The first-order chi connectivity index (χ1) is 8.36. The fourth-order valence-corrected chi connectivity index (χ4v) is 1.50. The first-order valence-electron chi connectivity index (χ1n) is 6.24. The Balaban J connectivity index is 2.85. The molecule has 0 saturated heterocycles. The summed E-state index contributed by atoms with van der Waals surface area (Å²) in [6.45, 7) is 7.41. The van der Waals surface area contributed by atoms with E-state index in [9.17, 15) is 0 Å². The van der Waals surface area contributed by atoms with Crippen LogP contribution in [0.2, 0.25) is 0 Å². The van der Waals surface area contributed by atoms with E-state index < -0.39 is 0 Å². The summed E-state index contributed by atoms with van der Waals surface area (Å²) in [6.07, 6.45) is 2.33. The van der Waals surface area contributed by atoms with Crippen molar-refractivity contribution >= 4 is 11.6 Å². The number of hydrogen-bond donors (Lipinski definition) is 1. The van der Waals surface area contributed by atoms with Gasteiger partial charge in [-0.05, 0) is 27.2 Å². The third-order valence-electron chi connectivity index (χ3n) is 3.03. The van der Waals surface area contributed by atoms with Gasteiger partial charge in [-0.1, -0.05) is 0 Å². The average molecular weight is 252 g/mol. The molecule has 1 aromatic heterocycles. The second-order valence-electron chi connectivity index (χ2n) is 5.46. The molecule has 0 unspecified atom stereocenters. The lowest BCUT2D eigenvalue weighted by Gasteiger charge is -2.33. The van der Waals surface area contributed by atoms with Crippen LogP contribution in [0, 0.1) is 0 Å². The molecule has 1 rings (SSSR count). The quantitative estimate of drug-likeness (QED) is 0.861. The predicted octanol–water partition coefficient (Wildman–Crippen LogP) is 1.53. The maximum absolute atomic E-state index is 8.84. The van der Waals surface area contributed by atoms with E-state index in [-0.39, 0.29) is 12.1 Å². The number of nitrogens with zero attached hydrogens (tertiary/aromatic N) is 4. The van der Waals surface area contributed by atoms with Crippen LogP contribution in [0.25, 0.3) is 0 Å². The van der Waals surface area contributed by atoms with Crippen LogP contribution in [0.5, 0.6) is 0 Å². The number of aromatic nitrogens is 2. The Morgan fingerprint density at radius 1 is 1.17 bits per heavy atom. The molecule has 1 aromatic rings. The molecule has 102 valence electrons. The molecule has 1 N–H and O–H groups in total. The van der Waals surface area contributed by atoms with Gasteiger partial charge in [0.2, 0.25) is 0 Å². The molecule has 18 heavy (non-hydrogen) atoms. The van der Waals surface area contributed by atoms with Crippen molar-refractivity contribution < 1.29 is 5.11 Å². The van der Waals surface area contributed by atoms with Crippen LogP contribution in [0.3, 0.4) is 0 Å². The topological polar surface area (TPSA) is 52.5 Å². The zero-order chi connectivity index (χ0) is 13.8. The summed E-state index contributed by atoms with van der Waals surface area (Å²) in [4.78, 5) is 12.7. The van der Waals surface area contributed by atoms with E-state index in [0.717, 1.165) is 24.6 Å². The molecule has 0 aliphatic carbocycles. The lowest BCUT2D eigenvalue weighted by Crippen LogP contribution is -2.38. The minimum absolute atomic E-state index is 0.0231. The summed E-state index contributed by atoms with van der Waals surface area (Å²) in [5.41, 5.74) is 0.0231. The largest absolute Gasteiger partial charge is 0.396 e. The second-order valence-corrected chi connectivity index (χ2v) is 5.46. The number of anilines is 2. The number of aliphatic hydroxyl groups excluding tert-OH is 1. The molecule has 0 atom stereocenters. The molecule has 0 amide bonds. The van der Waals surface area contributed by atoms with Gasteiger partial charge in [0, 0.05) is 38.9 Å². The normalized spacial score (nSPS) is 11.4. The molecule has 1 heterocycles. The Bertz CT molecular complexity index is 375. The molecular weight excluding hydrogens is 228 g/mol. The first kappa shape index (κ1) is 14.7. The van der Waals surface area contributed by atoms with Crippen molar-refractivity contribution in [2.75, 3.05) is 37.0 Å². The maximum atomic E-state index is 8.84. The third kappa shape index (κ3) is 3.84. The van der Waals surface area contributed by atoms with Crippen molar-refractivity contribution in [1.29, 1.82) is 0 Å². The average Bonchev–Trinajstić information content (AvgIpc) is 2.34. The Labute approximate surface area is 109 Å². The summed E-state index contributed by atoms with van der Waals surface area (Å²) < 4.78 is 0. The monoisotopic (exact) mass is 252 g/mol. The van der Waals surface area contributed by atoms with Crippen molar-refractivity contribution in [3.05, 3.63) is 12.4 Å². The molecule has 0 aliphatic heterocycles. The van der Waals surface area contributed by atoms with Gasteiger partial charge in [-0.25, -0.2) is 9.97 Å². The van der Waals surface area contributed by atoms with Gasteiger partial charge in [-0.3, -0.25) is 0 Å². The van der Waals surface area contributed by atoms with Gasteiger partial charge >= 0.3 is 0 Å². The number of rotatable bonds is 5. The molecule has 0 saturated carbocycles. The fraction of sp³-hybridized carbons (Fsp3) is 0.692. The Morgan fingerprint density at radius 3 is 2.33 bits per heavy atom. The molecule has 0 bridgehead atoms. The lowest BCUT2D eigenvalue weighted by molar-refractivity contribution is 0.290. The summed E-state index contributed by atoms with van der Waals surface area (Å²) in [5.74, 6) is 1.79. The van der Waals surface area contributed by atoms with Gasteiger partial charge in [0.05, 0.1) is 0 Å². The molecule has 0 radical (unpaired) electrons. The first-order valence-corrected chi connectivity index (χ1v) is 6.24. The summed E-state index contributed by atoms with van der Waals surface area (Å²) in [7, 11) is 4.00. The lowest BCUT2D eigenvalue weighted by atomic mass is 10.1. The van der Waals surface area contributed by atoms with Crippen molar-refractivity contribution in [2.24, 2.45) is 0 Å². The van der Waals surface area contributed by atoms with Crippen LogP contribution in [-0.2, 0) is 0 Å². The fourth-order valence-electron chi connectivity index (χ4n) is 1.50. The minimum Gasteiger partial charge on any atom is -0.396 e. The van der Waals surface area contributed by atoms with Gasteiger partial charge in [0.25, 0.3) is 0 Å². The minimum atomic E-state index is 0.0231. The maximum Gasteiger partial charge on any atom is 0.134 e. The Hall–Kier alpha value is -1.36. The van der Waals surface area contributed by atoms with Gasteiger partial charge < -0.3 is 14.9 Å². The molecule has 5 heteroatoms. The van der Waals surface area contributed by atoms with E-state index in [4.69, 9.17) is 5.11 Å². The van der Waals surface area contributed by atoms with Crippen LogP contribution < -0.4 is 9.80 Å². The molecular formula is C13H24N4O. The van der Waals surface area contributed by atoms with Crippen molar-refractivity contribution in [3.8, 4) is 0 Å². The summed E-state index contributed by atoms with van der Waals surface area (Å²) in [5, 5.41) is 8.84. The highest BCUT2D eigenvalue weighted by atomic mass is 16.3. The van der Waals surface area contributed by atoms with Gasteiger partial charge in [-0.15, -0.1) is 0 Å². The van der Waals surface area contributed by atoms with E-state index in [1.165, 1.54) is 0 Å². The smallest absolute Gasteiger partial charge is 0.134 e. The van der Waals surface area contributed by atoms with Crippen molar-refractivity contribution in [1.82, 2.24) is 9.97 Å². The molecule has 0 aliphatic rings. The summed E-state index contributed by atoms with van der Waals surface area (Å²) >= 11 is 0. The Kier molecular flexibility index (Phi) is 4.90. The molecule has 5 nitrogen and oxygen atoms in total. The van der Waals surface area contributed by atoms with Gasteiger partial charge in [0.15, 0.2) is 0 Å². The third-order valence-corrected chi connectivity index (χ3v) is 3.03. The van der Waals surface area contributed by atoms with Crippen molar-refractivity contribution in [3.63, 3.8) is 0 Å². The van der Waals surface area contributed by atoms with E-state index >= 15 is 0 Å². The molecule has 0 aromatic carbocycles. The molecule has 0 spiro atoms. The standard InChI is InChI=1S/C13H24N4O/c1-13(2,3)17(5)12-9-11(14-10-15-12)16(4)7-6-8-18/h9-10,18H,6-8H2,1-5H3. The van der Waals surface area contributed by atoms with E-state index in [1.54, 1.807) is 6.33 Å². The number of aliphatic hydroxyl groups is 1. The summed E-state index contributed by atoms with van der Waals surface area (Å²) in [6, 6.07) is 1.97. The SMILES string of the molecule is CN(CCCO)c1cc(N(C)C(C)(C)C)ncn1. The van der Waals surface area contributed by atoms with Crippen LogP contribution in [0.15, 0.2) is 12.4 Å². The van der Waals surface area contributed by atoms with Crippen LogP contribution in [-0.4, -0.2) is 47.9 Å². The van der Waals surface area contributed by atoms with Crippen LogP contribution >= 0.6 is 0 Å². The van der Waals surface area contributed by atoms with Gasteiger partial charge in [0.1, 0.15) is 18.0 Å². The number of hydrogen-bond acceptors (Lipinski definition) is 5. The Morgan fingerprint density at radius 2 is 1.78 bits per heavy atom. The van der Waals surface area contributed by atoms with E-state index in [0.29, 0.717) is 0 Å². The second kappa shape index (κ2) is 6.00. The zero-order valence-corrected chi connectivity index (χ0v) is 12.0. The van der Waals surface area contributed by atoms with Crippen LogP contribution in [0.1, 0.15) is 27.2 Å². The van der Waals surface area contributed by atoms with Crippen molar-refractivity contribution in [2.45, 2.75) is 32.7 Å². The van der Waals surface area contributed by atoms with E-state index in [1.807, 2.05) is 25.1 Å². The van der Waals surface area contributed by atoms with Crippen LogP contribution in [0.4, 0.5) is 11.6 Å². The van der Waals surface area contributed by atoms with E-state index in [2.05, 4.69) is 35.6 Å². The highest BCUT2D eigenvalue weighted by Gasteiger charge is 2.19. The van der Waals surface area contributed by atoms with Gasteiger partial charge in [-0.2, -0.15) is 0 Å².